The maximum Gasteiger partial charge on any atom is 0.308 e. The van der Waals surface area contributed by atoms with Crippen molar-refractivity contribution in [2.75, 3.05) is 0 Å². The topological polar surface area (TPSA) is 0 Å². The van der Waals surface area contributed by atoms with Crippen molar-refractivity contribution in [3.8, 4) is 0 Å². The highest BCUT2D eigenvalue weighted by Crippen LogP contribution is 2.52. The van der Waals surface area contributed by atoms with Gasteiger partial charge in [-0.1, -0.05) is 128 Å². The summed E-state index contributed by atoms with van der Waals surface area (Å²) in [6.07, 6.45) is 2.64. The average Bonchev–Trinajstić information content (AvgIpc) is 2.73. The smallest absolute Gasteiger partial charge is 0.0996 e. The Morgan fingerprint density at radius 2 is 1.00 bits per heavy atom. The van der Waals surface area contributed by atoms with Gasteiger partial charge in [-0.3, -0.25) is 0 Å². The summed E-state index contributed by atoms with van der Waals surface area (Å²) in [5, 5.41) is 5.80. The lowest BCUT2D eigenvalue weighted by atomic mass is 10.00. The third kappa shape index (κ3) is 8.18. The zero-order valence-electron chi connectivity index (χ0n) is 26.2. The summed E-state index contributed by atoms with van der Waals surface area (Å²) < 4.78 is 1.76. The summed E-state index contributed by atoms with van der Waals surface area (Å²) in [6.45, 7) is 28.6. The number of hydrogen-bond acceptors (Lipinski definition) is 0. The number of hydrogen-bond donors (Lipinski definition) is 0. The Morgan fingerprint density at radius 1 is 0.632 bits per heavy atom. The minimum absolute atomic E-state index is 0.299. The van der Waals surface area contributed by atoms with Crippen LogP contribution < -0.4 is 10.6 Å². The fraction of sp³-hybridized carbons (Fsp3) is 0.444. The van der Waals surface area contributed by atoms with Crippen molar-refractivity contribution in [3.63, 3.8) is 0 Å². The van der Waals surface area contributed by atoms with Crippen LogP contribution in [0.15, 0.2) is 58.8 Å². The summed E-state index contributed by atoms with van der Waals surface area (Å²) in [4.78, 5) is 0. The van der Waals surface area contributed by atoms with Crippen molar-refractivity contribution >= 4 is 38.8 Å². The van der Waals surface area contributed by atoms with Crippen LogP contribution in [0.2, 0.25) is 10.6 Å². The van der Waals surface area contributed by atoms with E-state index in [9.17, 15) is 0 Å². The lowest BCUT2D eigenvalue weighted by Crippen LogP contribution is -2.32. The molecule has 0 bridgehead atoms. The quantitative estimate of drug-likeness (QED) is 0.207. The van der Waals surface area contributed by atoms with Crippen molar-refractivity contribution in [1.29, 1.82) is 0 Å². The Hall–Kier alpha value is -1.64. The van der Waals surface area contributed by atoms with Crippen molar-refractivity contribution in [1.82, 2.24) is 0 Å². The first-order valence-electron chi connectivity index (χ1n) is 14.3. The molecule has 202 valence electrons. The molecule has 0 saturated heterocycles. The minimum atomic E-state index is -1.38. The van der Waals surface area contributed by atoms with E-state index < -0.39 is 22.1 Å². The van der Waals surface area contributed by atoms with Gasteiger partial charge >= 0.3 is 14.1 Å². The van der Waals surface area contributed by atoms with Crippen molar-refractivity contribution in [2.24, 2.45) is 10.8 Å². The standard InChI is InChI=1S/C26H28P.2C5H11.Al/c1-18-14-20(3)25(21(4)15-18)27(13-12-24-10-8-7-9-11-24)26-22(5)16-19(2)17-23(26)6;2*1-5(2,3)4;/h7-12,14-17H,1-6H3;2*1H2,2-4H3;. The fourth-order valence-corrected chi connectivity index (χ4v) is 15.7. The molecule has 0 fully saturated rings. The lowest BCUT2D eigenvalue weighted by molar-refractivity contribution is 0.441. The molecule has 38 heavy (non-hydrogen) atoms. The van der Waals surface area contributed by atoms with E-state index in [0.29, 0.717) is 10.8 Å². The first-order valence-corrected chi connectivity index (χ1v) is 17.8. The maximum absolute atomic E-state index is 2.64. The second-order valence-electron chi connectivity index (χ2n) is 14.0. The van der Waals surface area contributed by atoms with Crippen LogP contribution in [0.25, 0.3) is 6.08 Å². The summed E-state index contributed by atoms with van der Waals surface area (Å²) in [6, 6.07) is 20.8. The zero-order chi connectivity index (χ0) is 28.4. The van der Waals surface area contributed by atoms with Gasteiger partial charge in [0.25, 0.3) is 0 Å². The molecule has 2 heteroatoms. The largest absolute Gasteiger partial charge is 0.308 e. The van der Waals surface area contributed by atoms with Gasteiger partial charge in [0.05, 0.1) is 0 Å². The zero-order valence-corrected chi connectivity index (χ0v) is 28.3. The second-order valence-corrected chi connectivity index (χ2v) is 19.4. The molecule has 0 unspecified atom stereocenters. The molecule has 0 nitrogen and oxygen atoms in total. The molecule has 0 spiro atoms. The predicted molar refractivity (Wildman–Crippen MR) is 176 cm³/mol. The van der Waals surface area contributed by atoms with E-state index in [0.717, 1.165) is 0 Å². The van der Waals surface area contributed by atoms with Gasteiger partial charge in [-0.05, 0) is 98.7 Å². The van der Waals surface area contributed by atoms with Gasteiger partial charge in [-0.25, -0.2) is 0 Å². The summed E-state index contributed by atoms with van der Waals surface area (Å²) in [5.41, 5.74) is 10.5. The molecule has 3 rings (SSSR count). The van der Waals surface area contributed by atoms with Crippen LogP contribution in [0, 0.1) is 52.4 Å². The van der Waals surface area contributed by atoms with Gasteiger partial charge in [0, 0.05) is 0 Å². The summed E-state index contributed by atoms with van der Waals surface area (Å²) in [5.74, 6) is 0. The van der Waals surface area contributed by atoms with Crippen LogP contribution in [-0.2, 0) is 0 Å². The van der Waals surface area contributed by atoms with Crippen LogP contribution in [0.1, 0.15) is 80.5 Å². The molecule has 0 amide bonds. The lowest BCUT2D eigenvalue weighted by Gasteiger charge is -2.36. The number of benzene rings is 3. The van der Waals surface area contributed by atoms with Crippen LogP contribution >= 0.6 is 7.92 Å². The summed E-state index contributed by atoms with van der Waals surface area (Å²) in [7, 11) is -0.669. The van der Waals surface area contributed by atoms with E-state index in [4.69, 9.17) is 0 Å². The monoisotopic (exact) mass is 540 g/mol. The van der Waals surface area contributed by atoms with Gasteiger partial charge in [0.1, 0.15) is 0 Å². The Bertz CT molecular complexity index is 1170. The molecular formula is C36H50AlP. The molecule has 0 aliphatic carbocycles. The van der Waals surface area contributed by atoms with Crippen LogP contribution in [0.4, 0.5) is 0 Å². The van der Waals surface area contributed by atoms with Crippen molar-refractivity contribution in [2.45, 2.75) is 93.7 Å². The highest BCUT2D eigenvalue weighted by Gasteiger charge is 2.38. The van der Waals surface area contributed by atoms with Crippen LogP contribution in [0.5, 0.6) is 0 Å². The Balaban J connectivity index is 2.47. The first kappa shape index (κ1) is 30.9. The van der Waals surface area contributed by atoms with Crippen LogP contribution in [-0.4, -0.2) is 14.1 Å². The minimum Gasteiger partial charge on any atom is -0.0996 e. The number of aryl methyl sites for hydroxylation is 6. The third-order valence-electron chi connectivity index (χ3n) is 7.23. The molecule has 0 saturated carbocycles. The first-order chi connectivity index (χ1) is 17.6. The molecule has 0 heterocycles. The van der Waals surface area contributed by atoms with Gasteiger partial charge in [-0.15, -0.1) is 0 Å². The molecule has 0 aliphatic heterocycles. The normalized spacial score (nSPS) is 12.8. The average molecular weight is 541 g/mol. The molecular weight excluding hydrogens is 490 g/mol. The Kier molecular flexibility index (Phi) is 9.97. The highest BCUT2D eigenvalue weighted by molar-refractivity contribution is 7.79. The van der Waals surface area contributed by atoms with Gasteiger partial charge in [0.15, 0.2) is 0 Å². The van der Waals surface area contributed by atoms with Crippen molar-refractivity contribution < 1.29 is 0 Å². The highest BCUT2D eigenvalue weighted by atomic mass is 31.1. The van der Waals surface area contributed by atoms with E-state index in [-0.39, 0.29) is 0 Å². The van der Waals surface area contributed by atoms with E-state index in [1.54, 1.807) is 14.8 Å². The molecule has 3 aromatic carbocycles. The van der Waals surface area contributed by atoms with E-state index in [1.165, 1.54) is 49.5 Å². The molecule has 0 atom stereocenters. The summed E-state index contributed by atoms with van der Waals surface area (Å²) >= 11 is -1.38. The molecule has 0 N–H and O–H groups in total. The van der Waals surface area contributed by atoms with Crippen LogP contribution in [0.3, 0.4) is 0 Å². The van der Waals surface area contributed by atoms with E-state index >= 15 is 0 Å². The van der Waals surface area contributed by atoms with Gasteiger partial charge in [-0.2, -0.15) is 0 Å². The maximum atomic E-state index is 2.64. The molecule has 0 aliphatic rings. The SMILES string of the molecule is Cc1cc(C)c(P(/[C](=C\c2ccccc2)[Al]([CH2]C(C)(C)C)[CH2]C(C)(C)C)c2c(C)cc(C)cc2C)c(C)c1. The van der Waals surface area contributed by atoms with Gasteiger partial charge in [0.2, 0.25) is 0 Å². The van der Waals surface area contributed by atoms with Crippen molar-refractivity contribution in [3.05, 3.63) is 97.7 Å². The predicted octanol–water partition coefficient (Wildman–Crippen LogP) is 10.1. The third-order valence-corrected chi connectivity index (χ3v) is 16.5. The molecule has 0 aromatic heterocycles. The second kappa shape index (κ2) is 12.3. The molecule has 0 radical (unpaired) electrons. The van der Waals surface area contributed by atoms with E-state index in [1.807, 2.05) is 0 Å². The van der Waals surface area contributed by atoms with Gasteiger partial charge < -0.3 is 0 Å². The Morgan fingerprint density at radius 3 is 1.34 bits per heavy atom. The fourth-order valence-electron chi connectivity index (χ4n) is 6.26. The Labute approximate surface area is 240 Å². The molecule has 3 aromatic rings. The van der Waals surface area contributed by atoms with E-state index in [2.05, 4.69) is 144 Å². The number of rotatable bonds is 7.